The largest absolute Gasteiger partial charge is 0.461 e. The molecular weight excluding hydrogens is 346 g/mol. The lowest BCUT2D eigenvalue weighted by Crippen LogP contribution is -2.44. The topological polar surface area (TPSA) is 48.0 Å². The van der Waals surface area contributed by atoms with Crippen LogP contribution in [0.25, 0.3) is 0 Å². The van der Waals surface area contributed by atoms with Gasteiger partial charge in [0.25, 0.3) is 0 Å². The average molecular weight is 384 g/mol. The van der Waals surface area contributed by atoms with Crippen LogP contribution in [-0.4, -0.2) is 50.8 Å². The van der Waals surface area contributed by atoms with E-state index in [0.29, 0.717) is 6.61 Å². The Morgan fingerprint density at radius 2 is 1.96 bits per heavy atom. The number of nitrogens with zero attached hydrogens (tertiary/aromatic N) is 1. The van der Waals surface area contributed by atoms with Gasteiger partial charge in [-0.15, -0.1) is 0 Å². The van der Waals surface area contributed by atoms with E-state index in [9.17, 15) is 4.79 Å². The molecule has 0 spiro atoms. The average Bonchev–Trinajstić information content (AvgIpc) is 3.04. The second kappa shape index (κ2) is 8.55. The molecule has 26 heavy (non-hydrogen) atoms. The summed E-state index contributed by atoms with van der Waals surface area (Å²) in [5, 5.41) is 2.01. The molecule has 0 aliphatic carbocycles. The zero-order valence-electron chi connectivity index (χ0n) is 17.6. The highest BCUT2D eigenvalue weighted by molar-refractivity contribution is 6.74. The van der Waals surface area contributed by atoms with E-state index < -0.39 is 8.32 Å². The van der Waals surface area contributed by atoms with Crippen molar-refractivity contribution in [2.45, 2.75) is 90.3 Å². The zero-order chi connectivity index (χ0) is 19.5. The molecule has 2 fully saturated rings. The lowest BCUT2D eigenvalue weighted by atomic mass is 9.93. The van der Waals surface area contributed by atoms with Crippen LogP contribution in [0.3, 0.4) is 0 Å². The Labute approximate surface area is 160 Å². The smallest absolute Gasteiger partial charge is 0.326 e. The maximum absolute atomic E-state index is 12.3. The number of ether oxygens (including phenoxy) is 1. The van der Waals surface area contributed by atoms with Gasteiger partial charge in [0.1, 0.15) is 18.2 Å². The number of esters is 1. The van der Waals surface area contributed by atoms with E-state index in [2.05, 4.69) is 52.9 Å². The van der Waals surface area contributed by atoms with Gasteiger partial charge in [-0.25, -0.2) is 0 Å². The summed E-state index contributed by atoms with van der Waals surface area (Å²) in [6.45, 7) is 16.6. The molecule has 0 saturated carbocycles. The number of rotatable bonds is 8. The summed E-state index contributed by atoms with van der Waals surface area (Å²) >= 11 is 0. The summed E-state index contributed by atoms with van der Waals surface area (Å²) in [6, 6.07) is -0.284. The normalized spacial score (nSPS) is 30.2. The molecule has 2 heterocycles. The van der Waals surface area contributed by atoms with Crippen LogP contribution in [0.4, 0.5) is 0 Å². The third-order valence-electron chi connectivity index (χ3n) is 6.03. The van der Waals surface area contributed by atoms with Crippen molar-refractivity contribution in [3.8, 4) is 0 Å². The fraction of sp³-hybridized carbons (Fsp3) is 0.850. The molecule has 0 radical (unpaired) electrons. The molecule has 0 amide bonds. The maximum Gasteiger partial charge on any atom is 0.326 e. The van der Waals surface area contributed by atoms with Crippen molar-refractivity contribution in [1.82, 2.24) is 5.06 Å². The van der Waals surface area contributed by atoms with Crippen molar-refractivity contribution < 1.29 is 18.8 Å². The van der Waals surface area contributed by atoms with Crippen molar-refractivity contribution >= 4 is 14.3 Å². The molecule has 4 atom stereocenters. The minimum absolute atomic E-state index is 0.0541. The van der Waals surface area contributed by atoms with Gasteiger partial charge in [0.2, 0.25) is 0 Å². The van der Waals surface area contributed by atoms with Gasteiger partial charge in [0.05, 0.1) is 12.5 Å². The Morgan fingerprint density at radius 1 is 1.27 bits per heavy atom. The van der Waals surface area contributed by atoms with E-state index in [1.807, 2.05) is 12.0 Å². The van der Waals surface area contributed by atoms with Gasteiger partial charge in [-0.3, -0.25) is 9.63 Å². The molecule has 0 N–H and O–H groups in total. The van der Waals surface area contributed by atoms with Gasteiger partial charge in [-0.1, -0.05) is 39.8 Å². The van der Waals surface area contributed by atoms with Crippen LogP contribution in [0, 0.1) is 5.92 Å². The molecule has 0 aromatic rings. The van der Waals surface area contributed by atoms with Crippen molar-refractivity contribution in [1.29, 1.82) is 0 Å². The number of fused-ring (bicyclic) bond motifs is 1. The first-order valence-corrected chi connectivity index (χ1v) is 12.9. The molecule has 0 bridgehead atoms. The minimum Gasteiger partial charge on any atom is -0.461 e. The summed E-state index contributed by atoms with van der Waals surface area (Å²) < 4.78 is 11.9. The van der Waals surface area contributed by atoms with Gasteiger partial charge in [-0.05, 0) is 44.3 Å². The Kier molecular flexibility index (Phi) is 7.10. The van der Waals surface area contributed by atoms with Crippen molar-refractivity contribution in [3.05, 3.63) is 12.2 Å². The lowest BCUT2D eigenvalue weighted by molar-refractivity contribution is -0.190. The van der Waals surface area contributed by atoms with Gasteiger partial charge in [0.15, 0.2) is 8.32 Å². The van der Waals surface area contributed by atoms with Gasteiger partial charge in [-0.2, -0.15) is 5.06 Å². The Bertz CT molecular complexity index is 514. The number of cyclic esters (lactones) is 1. The number of hydrogen-bond donors (Lipinski definition) is 0. The molecule has 2 rings (SSSR count). The maximum atomic E-state index is 12.3. The molecule has 0 unspecified atom stereocenters. The Hall–Kier alpha value is -0.693. The molecule has 150 valence electrons. The molecule has 5 nitrogen and oxygen atoms in total. The fourth-order valence-corrected chi connectivity index (χ4v) is 4.37. The molecule has 0 aromatic heterocycles. The van der Waals surface area contributed by atoms with Crippen LogP contribution in [0.15, 0.2) is 12.2 Å². The lowest BCUT2D eigenvalue weighted by Gasteiger charge is -2.37. The van der Waals surface area contributed by atoms with Crippen LogP contribution >= 0.6 is 0 Å². The van der Waals surface area contributed by atoms with Gasteiger partial charge < -0.3 is 9.16 Å². The van der Waals surface area contributed by atoms with Crippen molar-refractivity contribution in [3.63, 3.8) is 0 Å². The second-order valence-corrected chi connectivity index (χ2v) is 13.9. The Balaban J connectivity index is 1.99. The number of allylic oxidation sites excluding steroid dienone is 2. The summed E-state index contributed by atoms with van der Waals surface area (Å²) in [5.74, 6) is -0.0973. The van der Waals surface area contributed by atoms with E-state index >= 15 is 0 Å². The predicted octanol–water partition coefficient (Wildman–Crippen LogP) is 4.30. The van der Waals surface area contributed by atoms with Gasteiger partial charge in [0, 0.05) is 6.54 Å². The van der Waals surface area contributed by atoms with Crippen molar-refractivity contribution in [2.24, 2.45) is 5.92 Å². The zero-order valence-corrected chi connectivity index (χ0v) is 18.6. The van der Waals surface area contributed by atoms with E-state index in [-0.39, 0.29) is 35.2 Å². The molecule has 2 aliphatic heterocycles. The van der Waals surface area contributed by atoms with Crippen LogP contribution in [0.5, 0.6) is 0 Å². The van der Waals surface area contributed by atoms with Crippen LogP contribution in [0.1, 0.15) is 53.9 Å². The third-order valence-corrected chi connectivity index (χ3v) is 10.5. The third kappa shape index (κ3) is 4.77. The summed E-state index contributed by atoms with van der Waals surface area (Å²) in [7, 11) is -1.85. The molecule has 2 saturated heterocycles. The Morgan fingerprint density at radius 3 is 2.58 bits per heavy atom. The SMILES string of the molecule is CCC=CCCCN1O[C@@H](CO[Si](C)(C)C(C)(C)C)[C@H]2[C@H](C)OC(=O)[C@H]21. The summed E-state index contributed by atoms with van der Waals surface area (Å²) in [6.07, 6.45) is 7.17. The standard InChI is InChI=1S/C20H37NO4Si/c1-8-9-10-11-12-13-21-18-17(15(2)24-19(18)22)16(25-21)14-23-26(6,7)20(3,4)5/h9-10,15-18H,8,11-14H2,1-7H3/t15-,16-,17+,18-/m0/s1. The highest BCUT2D eigenvalue weighted by Crippen LogP contribution is 2.40. The van der Waals surface area contributed by atoms with E-state index in [1.165, 1.54) is 0 Å². The highest BCUT2D eigenvalue weighted by Gasteiger charge is 2.56. The monoisotopic (exact) mass is 383 g/mol. The van der Waals surface area contributed by atoms with Crippen molar-refractivity contribution in [2.75, 3.05) is 13.2 Å². The highest BCUT2D eigenvalue weighted by atomic mass is 28.4. The second-order valence-electron chi connectivity index (χ2n) is 9.04. The quantitative estimate of drug-likeness (QED) is 0.271. The summed E-state index contributed by atoms with van der Waals surface area (Å²) in [4.78, 5) is 18.5. The molecule has 2 aliphatic rings. The predicted molar refractivity (Wildman–Crippen MR) is 106 cm³/mol. The first-order valence-electron chi connectivity index (χ1n) is 10.0. The van der Waals surface area contributed by atoms with Crippen LogP contribution in [0.2, 0.25) is 18.1 Å². The molecular formula is C20H37NO4Si. The summed E-state index contributed by atoms with van der Waals surface area (Å²) in [5.41, 5.74) is 0. The van der Waals surface area contributed by atoms with Crippen LogP contribution in [-0.2, 0) is 18.8 Å². The molecule has 0 aromatic carbocycles. The van der Waals surface area contributed by atoms with E-state index in [4.69, 9.17) is 14.0 Å². The van der Waals surface area contributed by atoms with Crippen LogP contribution < -0.4 is 0 Å². The fourth-order valence-electron chi connectivity index (χ4n) is 3.36. The number of hydroxylamine groups is 2. The minimum atomic E-state index is -1.85. The number of unbranched alkanes of at least 4 members (excludes halogenated alkanes) is 1. The number of carbonyl (C=O) groups is 1. The van der Waals surface area contributed by atoms with Gasteiger partial charge >= 0.3 is 5.97 Å². The van der Waals surface area contributed by atoms with E-state index in [0.717, 1.165) is 25.8 Å². The number of carbonyl (C=O) groups excluding carboxylic acids is 1. The first-order chi connectivity index (χ1) is 12.1. The molecule has 6 heteroatoms. The first kappa shape index (κ1) is 21.6. The number of hydrogen-bond acceptors (Lipinski definition) is 5. The van der Waals surface area contributed by atoms with E-state index in [1.54, 1.807) is 0 Å².